The topological polar surface area (TPSA) is 43.1 Å². The van der Waals surface area contributed by atoms with Gasteiger partial charge in [0, 0.05) is 0 Å². The SMILES string of the molecule is Cc1ccc2c(c1)C1=C(C2)C(C(N)=O)CCC1. The second kappa shape index (κ2) is 3.73. The Balaban J connectivity index is 2.09. The summed E-state index contributed by atoms with van der Waals surface area (Å²) in [6.45, 7) is 2.12. The maximum Gasteiger partial charge on any atom is 0.224 e. The number of hydrogen-bond acceptors (Lipinski definition) is 1. The van der Waals surface area contributed by atoms with Gasteiger partial charge in [-0.05, 0) is 54.9 Å². The second-order valence-electron chi connectivity index (χ2n) is 5.19. The highest BCUT2D eigenvalue weighted by Crippen LogP contribution is 2.44. The molecule has 1 aromatic rings. The van der Waals surface area contributed by atoms with E-state index in [2.05, 4.69) is 25.1 Å². The van der Waals surface area contributed by atoms with Gasteiger partial charge in [0.1, 0.15) is 0 Å². The van der Waals surface area contributed by atoms with E-state index in [1.54, 1.807) is 0 Å². The number of benzene rings is 1. The number of aryl methyl sites for hydroxylation is 1. The number of rotatable bonds is 1. The van der Waals surface area contributed by atoms with Gasteiger partial charge in [-0.15, -0.1) is 0 Å². The molecule has 88 valence electrons. The van der Waals surface area contributed by atoms with Gasteiger partial charge in [0.05, 0.1) is 5.92 Å². The molecule has 0 aromatic heterocycles. The Morgan fingerprint density at radius 1 is 1.41 bits per heavy atom. The van der Waals surface area contributed by atoms with Gasteiger partial charge in [0.15, 0.2) is 0 Å². The van der Waals surface area contributed by atoms with E-state index in [0.29, 0.717) is 0 Å². The smallest absolute Gasteiger partial charge is 0.224 e. The summed E-state index contributed by atoms with van der Waals surface area (Å²) in [6.07, 6.45) is 4.05. The molecule has 2 heteroatoms. The van der Waals surface area contributed by atoms with Crippen molar-refractivity contribution in [1.82, 2.24) is 0 Å². The molecule has 2 aliphatic carbocycles. The molecule has 0 saturated heterocycles. The van der Waals surface area contributed by atoms with E-state index >= 15 is 0 Å². The van der Waals surface area contributed by atoms with Crippen molar-refractivity contribution in [2.45, 2.75) is 32.6 Å². The van der Waals surface area contributed by atoms with E-state index in [-0.39, 0.29) is 11.8 Å². The van der Waals surface area contributed by atoms with Crippen LogP contribution in [0.4, 0.5) is 0 Å². The monoisotopic (exact) mass is 227 g/mol. The van der Waals surface area contributed by atoms with Crippen molar-refractivity contribution in [2.75, 3.05) is 0 Å². The molecule has 3 rings (SSSR count). The first-order chi connectivity index (χ1) is 8.16. The molecule has 0 saturated carbocycles. The number of nitrogens with two attached hydrogens (primary N) is 1. The minimum Gasteiger partial charge on any atom is -0.369 e. The summed E-state index contributed by atoms with van der Waals surface area (Å²) in [5, 5.41) is 0. The van der Waals surface area contributed by atoms with Gasteiger partial charge in [-0.3, -0.25) is 4.79 Å². The van der Waals surface area contributed by atoms with Gasteiger partial charge in [0.25, 0.3) is 0 Å². The number of amides is 1. The van der Waals surface area contributed by atoms with Crippen LogP contribution in [0.1, 0.15) is 36.0 Å². The normalized spacial score (nSPS) is 22.3. The third-order valence-corrected chi connectivity index (χ3v) is 4.04. The maximum atomic E-state index is 11.5. The molecular weight excluding hydrogens is 210 g/mol. The summed E-state index contributed by atoms with van der Waals surface area (Å²) in [5.41, 5.74) is 12.2. The quantitative estimate of drug-likeness (QED) is 0.787. The molecule has 2 N–H and O–H groups in total. The Morgan fingerprint density at radius 2 is 2.24 bits per heavy atom. The number of allylic oxidation sites excluding steroid dienone is 1. The zero-order valence-electron chi connectivity index (χ0n) is 10.1. The van der Waals surface area contributed by atoms with Crippen LogP contribution >= 0.6 is 0 Å². The highest BCUT2D eigenvalue weighted by Gasteiger charge is 2.32. The van der Waals surface area contributed by atoms with E-state index in [9.17, 15) is 4.79 Å². The summed E-state index contributed by atoms with van der Waals surface area (Å²) < 4.78 is 0. The van der Waals surface area contributed by atoms with Crippen LogP contribution in [0, 0.1) is 12.8 Å². The molecule has 1 aromatic carbocycles. The highest BCUT2D eigenvalue weighted by atomic mass is 16.1. The minimum absolute atomic E-state index is 0.0218. The molecule has 2 nitrogen and oxygen atoms in total. The second-order valence-corrected chi connectivity index (χ2v) is 5.19. The first-order valence-electron chi connectivity index (χ1n) is 6.28. The molecule has 2 aliphatic rings. The molecule has 0 fully saturated rings. The van der Waals surface area contributed by atoms with Gasteiger partial charge in [-0.1, -0.05) is 23.8 Å². The predicted octanol–water partition coefficient (Wildman–Crippen LogP) is 2.59. The first-order valence-corrected chi connectivity index (χ1v) is 6.28. The zero-order valence-corrected chi connectivity index (χ0v) is 10.1. The van der Waals surface area contributed by atoms with Crippen molar-refractivity contribution in [3.63, 3.8) is 0 Å². The summed E-state index contributed by atoms with van der Waals surface area (Å²) >= 11 is 0. The van der Waals surface area contributed by atoms with Gasteiger partial charge < -0.3 is 5.73 Å². The van der Waals surface area contributed by atoms with E-state index in [4.69, 9.17) is 5.73 Å². The lowest BCUT2D eigenvalue weighted by atomic mass is 9.82. The number of fused-ring (bicyclic) bond motifs is 2. The van der Waals surface area contributed by atoms with Gasteiger partial charge in [0.2, 0.25) is 5.91 Å². The fourth-order valence-corrected chi connectivity index (χ4v) is 3.21. The van der Waals surface area contributed by atoms with E-state index < -0.39 is 0 Å². The Morgan fingerprint density at radius 3 is 3.00 bits per heavy atom. The Labute approximate surface area is 102 Å². The summed E-state index contributed by atoms with van der Waals surface area (Å²) in [5.74, 6) is -0.173. The maximum absolute atomic E-state index is 11.5. The average molecular weight is 227 g/mol. The third kappa shape index (κ3) is 1.59. The van der Waals surface area contributed by atoms with Gasteiger partial charge in [-0.2, -0.15) is 0 Å². The van der Waals surface area contributed by atoms with Crippen LogP contribution in [-0.4, -0.2) is 5.91 Å². The predicted molar refractivity (Wildman–Crippen MR) is 68.3 cm³/mol. The van der Waals surface area contributed by atoms with Crippen LogP contribution < -0.4 is 5.73 Å². The molecule has 1 amide bonds. The Kier molecular flexibility index (Phi) is 2.32. The zero-order chi connectivity index (χ0) is 12.0. The molecule has 1 unspecified atom stereocenters. The van der Waals surface area contributed by atoms with Crippen molar-refractivity contribution in [3.05, 3.63) is 40.5 Å². The van der Waals surface area contributed by atoms with Crippen molar-refractivity contribution < 1.29 is 4.79 Å². The third-order valence-electron chi connectivity index (χ3n) is 4.04. The number of carbonyl (C=O) groups is 1. The van der Waals surface area contributed by atoms with Crippen LogP contribution in [-0.2, 0) is 11.2 Å². The number of primary amides is 1. The van der Waals surface area contributed by atoms with Crippen molar-refractivity contribution in [2.24, 2.45) is 11.7 Å². The average Bonchev–Trinajstić information content (AvgIpc) is 2.66. The first kappa shape index (κ1) is 10.6. The van der Waals surface area contributed by atoms with Crippen LogP contribution in [0.3, 0.4) is 0 Å². The molecule has 0 aliphatic heterocycles. The summed E-state index contributed by atoms with van der Waals surface area (Å²) in [4.78, 5) is 11.5. The van der Waals surface area contributed by atoms with Crippen molar-refractivity contribution in [3.8, 4) is 0 Å². The van der Waals surface area contributed by atoms with Crippen LogP contribution in [0.5, 0.6) is 0 Å². The highest BCUT2D eigenvalue weighted by molar-refractivity contribution is 5.87. The lowest BCUT2D eigenvalue weighted by molar-refractivity contribution is -0.121. The fourth-order valence-electron chi connectivity index (χ4n) is 3.21. The van der Waals surface area contributed by atoms with Gasteiger partial charge in [-0.25, -0.2) is 0 Å². The standard InChI is InChI=1S/C15H17NO/c1-9-5-6-10-8-14-11(13(10)7-9)3-2-4-12(14)15(16)17/h5-7,12H,2-4,8H2,1H3,(H2,16,17). The summed E-state index contributed by atoms with van der Waals surface area (Å²) in [6, 6.07) is 6.60. The van der Waals surface area contributed by atoms with Crippen molar-refractivity contribution >= 4 is 11.5 Å². The van der Waals surface area contributed by atoms with Crippen LogP contribution in [0.15, 0.2) is 23.8 Å². The number of carbonyl (C=O) groups excluding carboxylic acids is 1. The lowest BCUT2D eigenvalue weighted by Gasteiger charge is -2.22. The lowest BCUT2D eigenvalue weighted by Crippen LogP contribution is -2.27. The number of hydrogen-bond donors (Lipinski definition) is 1. The Bertz CT molecular complexity index is 528. The van der Waals surface area contributed by atoms with E-state index in [1.165, 1.54) is 27.8 Å². The molecular formula is C15H17NO. The molecule has 17 heavy (non-hydrogen) atoms. The van der Waals surface area contributed by atoms with Crippen molar-refractivity contribution in [1.29, 1.82) is 0 Å². The molecule has 0 bridgehead atoms. The Hall–Kier alpha value is -1.57. The molecule has 0 radical (unpaired) electrons. The largest absolute Gasteiger partial charge is 0.369 e. The fraction of sp³-hybridized carbons (Fsp3) is 0.400. The van der Waals surface area contributed by atoms with Crippen LogP contribution in [0.25, 0.3) is 5.57 Å². The van der Waals surface area contributed by atoms with Gasteiger partial charge >= 0.3 is 0 Å². The molecule has 1 atom stereocenters. The van der Waals surface area contributed by atoms with Crippen LogP contribution in [0.2, 0.25) is 0 Å². The molecule has 0 spiro atoms. The summed E-state index contributed by atoms with van der Waals surface area (Å²) in [7, 11) is 0. The van der Waals surface area contributed by atoms with E-state index in [1.807, 2.05) is 0 Å². The molecule has 0 heterocycles. The minimum atomic E-state index is -0.151. The van der Waals surface area contributed by atoms with E-state index in [0.717, 1.165) is 25.7 Å².